The molecule has 3 aliphatic rings. The van der Waals surface area contributed by atoms with E-state index in [4.69, 9.17) is 0 Å². The maximum atomic E-state index is 13.2. The van der Waals surface area contributed by atoms with Crippen LogP contribution in [0, 0.1) is 0 Å². The molecular formula is C19H21N3O4S. The number of para-hydroxylation sites is 1. The topological polar surface area (TPSA) is 90.5 Å². The maximum Gasteiger partial charge on any atom is 0.328 e. The number of imide groups is 1. The number of H-pyrrole nitrogens is 1. The first-order valence-corrected chi connectivity index (χ1v) is 11.0. The number of benzene rings is 1. The van der Waals surface area contributed by atoms with Crippen LogP contribution in [0.3, 0.4) is 0 Å². The SMILES string of the molecule is CC1(C)c2[nH]c3ccccc3c2CC2C(=O)N(C3CCS(=O)(=O)C3)C(=O)N21. The number of aromatic amines is 1. The van der Waals surface area contributed by atoms with Gasteiger partial charge in [0.05, 0.1) is 23.1 Å². The minimum Gasteiger partial charge on any atom is -0.356 e. The van der Waals surface area contributed by atoms with Crippen molar-refractivity contribution in [2.75, 3.05) is 11.5 Å². The number of rotatable bonds is 1. The summed E-state index contributed by atoms with van der Waals surface area (Å²) in [4.78, 5) is 32.7. The molecule has 2 aromatic rings. The third-order valence-corrected chi connectivity index (χ3v) is 8.00. The molecule has 4 heterocycles. The first kappa shape index (κ1) is 16.8. The number of amides is 3. The van der Waals surface area contributed by atoms with E-state index < -0.39 is 27.5 Å². The Hall–Kier alpha value is -2.35. The highest BCUT2D eigenvalue weighted by molar-refractivity contribution is 7.91. The molecule has 2 atom stereocenters. The summed E-state index contributed by atoms with van der Waals surface area (Å²) in [7, 11) is -3.18. The number of nitrogens with one attached hydrogen (secondary N) is 1. The Labute approximate surface area is 157 Å². The lowest BCUT2D eigenvalue weighted by atomic mass is 9.85. The van der Waals surface area contributed by atoms with Crippen LogP contribution in [0.1, 0.15) is 31.5 Å². The van der Waals surface area contributed by atoms with Crippen LogP contribution >= 0.6 is 0 Å². The van der Waals surface area contributed by atoms with Crippen LogP contribution in [0.25, 0.3) is 10.9 Å². The third-order valence-electron chi connectivity index (χ3n) is 6.25. The summed E-state index contributed by atoms with van der Waals surface area (Å²) < 4.78 is 23.7. The smallest absolute Gasteiger partial charge is 0.328 e. The van der Waals surface area contributed by atoms with Crippen molar-refractivity contribution >= 4 is 32.7 Å². The second kappa shape index (κ2) is 5.13. The first-order valence-electron chi connectivity index (χ1n) is 9.17. The van der Waals surface area contributed by atoms with Crippen molar-refractivity contribution in [1.29, 1.82) is 0 Å². The number of hydrogen-bond donors (Lipinski definition) is 1. The van der Waals surface area contributed by atoms with Crippen molar-refractivity contribution in [2.45, 2.75) is 44.3 Å². The number of fused-ring (bicyclic) bond motifs is 4. The molecule has 8 heteroatoms. The van der Waals surface area contributed by atoms with Gasteiger partial charge in [0.2, 0.25) is 0 Å². The van der Waals surface area contributed by atoms with E-state index in [2.05, 4.69) is 4.98 Å². The van der Waals surface area contributed by atoms with E-state index in [9.17, 15) is 18.0 Å². The average Bonchev–Trinajstić information content (AvgIpc) is 3.22. The van der Waals surface area contributed by atoms with Gasteiger partial charge >= 0.3 is 6.03 Å². The summed E-state index contributed by atoms with van der Waals surface area (Å²) >= 11 is 0. The van der Waals surface area contributed by atoms with Crippen LogP contribution in [0.5, 0.6) is 0 Å². The summed E-state index contributed by atoms with van der Waals surface area (Å²) in [6.07, 6.45) is 0.776. The Morgan fingerprint density at radius 2 is 1.93 bits per heavy atom. The van der Waals surface area contributed by atoms with Gasteiger partial charge in [0.25, 0.3) is 5.91 Å². The Bertz CT molecular complexity index is 1100. The fraction of sp³-hybridized carbons (Fsp3) is 0.474. The molecule has 1 aromatic carbocycles. The van der Waals surface area contributed by atoms with Gasteiger partial charge in [-0.25, -0.2) is 13.2 Å². The van der Waals surface area contributed by atoms with Crippen molar-refractivity contribution < 1.29 is 18.0 Å². The summed E-state index contributed by atoms with van der Waals surface area (Å²) in [5.74, 6) is -0.363. The van der Waals surface area contributed by atoms with E-state index in [0.717, 1.165) is 22.2 Å². The van der Waals surface area contributed by atoms with Gasteiger partial charge in [-0.3, -0.25) is 9.69 Å². The minimum atomic E-state index is -3.18. The predicted molar refractivity (Wildman–Crippen MR) is 100.0 cm³/mol. The highest BCUT2D eigenvalue weighted by atomic mass is 32.2. The molecule has 5 rings (SSSR count). The number of nitrogens with zero attached hydrogens (tertiary/aromatic N) is 2. The number of hydrogen-bond acceptors (Lipinski definition) is 4. The summed E-state index contributed by atoms with van der Waals surface area (Å²) in [6, 6.07) is 6.44. The van der Waals surface area contributed by atoms with Crippen LogP contribution in [0.4, 0.5) is 4.79 Å². The normalized spacial score (nSPS) is 28.7. The molecule has 0 radical (unpaired) electrons. The average molecular weight is 387 g/mol. The quantitative estimate of drug-likeness (QED) is 0.755. The molecule has 7 nitrogen and oxygen atoms in total. The highest BCUT2D eigenvalue weighted by Crippen LogP contribution is 2.45. The van der Waals surface area contributed by atoms with Crippen molar-refractivity contribution in [2.24, 2.45) is 0 Å². The molecule has 0 saturated carbocycles. The lowest BCUT2D eigenvalue weighted by Crippen LogP contribution is -2.52. The molecule has 142 valence electrons. The molecule has 1 aromatic heterocycles. The number of carbonyl (C=O) groups is 2. The van der Waals surface area contributed by atoms with E-state index >= 15 is 0 Å². The second-order valence-corrected chi connectivity index (χ2v) is 10.4. The standard InChI is InChI=1S/C19H21N3O4S/c1-19(2)16-13(12-5-3-4-6-14(12)20-16)9-15-17(23)21(18(24)22(15)19)11-7-8-27(25,26)10-11/h3-6,11,15,20H,7-10H2,1-2H3. The molecular weight excluding hydrogens is 366 g/mol. The van der Waals surface area contributed by atoms with E-state index in [0.29, 0.717) is 12.8 Å². The van der Waals surface area contributed by atoms with Crippen molar-refractivity contribution in [3.8, 4) is 0 Å². The Morgan fingerprint density at radius 1 is 1.19 bits per heavy atom. The van der Waals surface area contributed by atoms with E-state index in [1.807, 2.05) is 38.1 Å². The van der Waals surface area contributed by atoms with Crippen molar-refractivity contribution in [1.82, 2.24) is 14.8 Å². The molecule has 2 fully saturated rings. The van der Waals surface area contributed by atoms with Gasteiger partial charge < -0.3 is 9.88 Å². The van der Waals surface area contributed by atoms with Crippen molar-refractivity contribution in [3.63, 3.8) is 0 Å². The van der Waals surface area contributed by atoms with Gasteiger partial charge in [-0.15, -0.1) is 0 Å². The molecule has 3 aliphatic heterocycles. The van der Waals surface area contributed by atoms with E-state index in [-0.39, 0.29) is 23.4 Å². The number of sulfone groups is 1. The van der Waals surface area contributed by atoms with Crippen LogP contribution in [-0.4, -0.2) is 58.7 Å². The zero-order valence-corrected chi connectivity index (χ0v) is 16.0. The predicted octanol–water partition coefficient (Wildman–Crippen LogP) is 1.78. The second-order valence-electron chi connectivity index (χ2n) is 8.22. The summed E-state index contributed by atoms with van der Waals surface area (Å²) in [6.45, 7) is 3.88. The molecule has 3 amide bonds. The molecule has 27 heavy (non-hydrogen) atoms. The summed E-state index contributed by atoms with van der Waals surface area (Å²) in [5.41, 5.74) is 2.33. The molecule has 0 spiro atoms. The third kappa shape index (κ3) is 2.16. The lowest BCUT2D eigenvalue weighted by Gasteiger charge is -2.42. The van der Waals surface area contributed by atoms with Crippen LogP contribution in [0.15, 0.2) is 24.3 Å². The monoisotopic (exact) mass is 387 g/mol. The minimum absolute atomic E-state index is 0.0342. The van der Waals surface area contributed by atoms with Gasteiger partial charge in [-0.2, -0.15) is 0 Å². The highest BCUT2D eigenvalue weighted by Gasteiger charge is 2.57. The number of carbonyl (C=O) groups excluding carboxylic acids is 2. The summed E-state index contributed by atoms with van der Waals surface area (Å²) in [5, 5.41) is 1.07. The van der Waals surface area contributed by atoms with E-state index in [1.54, 1.807) is 4.90 Å². The molecule has 2 saturated heterocycles. The maximum absolute atomic E-state index is 13.2. The van der Waals surface area contributed by atoms with Gasteiger partial charge in [0.15, 0.2) is 9.84 Å². The number of aromatic nitrogens is 1. The van der Waals surface area contributed by atoms with Gasteiger partial charge in [-0.1, -0.05) is 18.2 Å². The zero-order valence-electron chi connectivity index (χ0n) is 15.2. The molecule has 0 bridgehead atoms. The van der Waals surface area contributed by atoms with Crippen LogP contribution in [-0.2, 0) is 26.6 Å². The molecule has 2 unspecified atom stereocenters. The fourth-order valence-corrected chi connectivity index (χ4v) is 6.69. The number of urea groups is 1. The lowest BCUT2D eigenvalue weighted by molar-refractivity contribution is -0.130. The Kier molecular flexibility index (Phi) is 3.19. The molecule has 1 N–H and O–H groups in total. The Morgan fingerprint density at radius 3 is 2.63 bits per heavy atom. The van der Waals surface area contributed by atoms with Gasteiger partial charge in [0, 0.05) is 23.0 Å². The fourth-order valence-electron chi connectivity index (χ4n) is 4.99. The van der Waals surface area contributed by atoms with E-state index in [1.165, 1.54) is 4.90 Å². The Balaban J connectivity index is 1.60. The van der Waals surface area contributed by atoms with Crippen LogP contribution in [0.2, 0.25) is 0 Å². The van der Waals surface area contributed by atoms with Crippen molar-refractivity contribution in [3.05, 3.63) is 35.5 Å². The first-order chi connectivity index (χ1) is 12.7. The zero-order chi connectivity index (χ0) is 19.1. The van der Waals surface area contributed by atoms with Gasteiger partial charge in [0.1, 0.15) is 6.04 Å². The largest absolute Gasteiger partial charge is 0.356 e. The molecule has 0 aliphatic carbocycles. The van der Waals surface area contributed by atoms with Gasteiger partial charge in [-0.05, 0) is 31.9 Å². The van der Waals surface area contributed by atoms with Crippen LogP contribution < -0.4 is 0 Å².